The van der Waals surface area contributed by atoms with Gasteiger partial charge in [-0.05, 0) is 84.0 Å². The second-order valence-corrected chi connectivity index (χ2v) is 12.6. The maximum Gasteiger partial charge on any atom is 0.262 e. The largest absolute Gasteiger partial charge is 0.484 e. The number of carbonyl (C=O) groups excluding carboxylic acids is 2. The number of rotatable bonds is 4. The Morgan fingerprint density at radius 3 is 2.68 bits per heavy atom. The van der Waals surface area contributed by atoms with Crippen LogP contribution in [0.5, 0.6) is 5.75 Å². The third-order valence-corrected chi connectivity index (χ3v) is 9.67. The van der Waals surface area contributed by atoms with E-state index in [4.69, 9.17) is 10.5 Å². The van der Waals surface area contributed by atoms with Crippen LogP contribution in [0, 0.1) is 0 Å². The van der Waals surface area contributed by atoms with Crippen molar-refractivity contribution in [1.82, 2.24) is 9.88 Å². The quantitative estimate of drug-likeness (QED) is 0.335. The molecule has 4 N–H and O–H groups in total. The fourth-order valence-electron chi connectivity index (χ4n) is 5.05. The molecule has 0 saturated heterocycles. The lowest BCUT2D eigenvalue weighted by molar-refractivity contribution is -0.131. The lowest BCUT2D eigenvalue weighted by Crippen LogP contribution is -2.35. The molecule has 41 heavy (non-hydrogen) atoms. The predicted octanol–water partition coefficient (Wildman–Crippen LogP) is 3.90. The molecule has 1 fully saturated rings. The van der Waals surface area contributed by atoms with Crippen LogP contribution in [-0.2, 0) is 26.0 Å². The summed E-state index contributed by atoms with van der Waals surface area (Å²) in [5.41, 5.74) is 8.18. The highest BCUT2D eigenvalue weighted by Gasteiger charge is 2.38. The molecule has 3 aromatic carbocycles. The zero-order valence-corrected chi connectivity index (χ0v) is 23.1. The van der Waals surface area contributed by atoms with Crippen LogP contribution in [0.15, 0.2) is 77.8 Å². The van der Waals surface area contributed by atoms with Gasteiger partial charge in [0, 0.05) is 36.6 Å². The number of hydrogen-bond donors (Lipinski definition) is 3. The van der Waals surface area contributed by atoms with Crippen LogP contribution in [0.1, 0.15) is 30.0 Å². The van der Waals surface area contributed by atoms with Gasteiger partial charge >= 0.3 is 0 Å². The molecule has 0 spiro atoms. The summed E-state index contributed by atoms with van der Waals surface area (Å²) >= 11 is 0. The minimum Gasteiger partial charge on any atom is -0.484 e. The van der Waals surface area contributed by atoms with E-state index in [1.165, 1.54) is 11.0 Å². The molecule has 2 aliphatic rings. The number of nitrogens with two attached hydrogens (primary N) is 1. The van der Waals surface area contributed by atoms with E-state index in [0.29, 0.717) is 46.9 Å². The van der Waals surface area contributed by atoms with E-state index in [1.807, 2.05) is 24.3 Å². The van der Waals surface area contributed by atoms with E-state index in [2.05, 4.69) is 15.6 Å². The molecule has 2 amide bonds. The maximum atomic E-state index is 14.1. The van der Waals surface area contributed by atoms with Gasteiger partial charge in [-0.1, -0.05) is 12.1 Å². The Morgan fingerprint density at radius 1 is 1.05 bits per heavy atom. The first-order valence-electron chi connectivity index (χ1n) is 13.2. The Hall–Kier alpha value is -4.64. The van der Waals surface area contributed by atoms with Crippen LogP contribution < -0.4 is 21.1 Å². The Bertz CT molecular complexity index is 1790. The molecule has 1 aromatic heterocycles. The average Bonchev–Trinajstić information content (AvgIpc) is 3.81. The monoisotopic (exact) mass is 571 g/mol. The molecule has 11 heteroatoms. The highest BCUT2D eigenvalue weighted by atomic mass is 32.2. The van der Waals surface area contributed by atoms with Crippen LogP contribution in [0.4, 0.5) is 17.2 Å². The molecule has 2 heterocycles. The molecule has 1 aliphatic carbocycles. The molecule has 0 radical (unpaired) electrons. The molecule has 210 valence electrons. The first-order valence-corrected chi connectivity index (χ1v) is 14.8. The van der Waals surface area contributed by atoms with Crippen LogP contribution in [0.25, 0.3) is 10.8 Å². The zero-order valence-electron chi connectivity index (χ0n) is 22.3. The second-order valence-electron chi connectivity index (χ2n) is 10.4. The summed E-state index contributed by atoms with van der Waals surface area (Å²) in [6, 6.07) is 18.2. The van der Waals surface area contributed by atoms with Crippen molar-refractivity contribution >= 4 is 49.6 Å². The van der Waals surface area contributed by atoms with Gasteiger partial charge in [-0.3, -0.25) is 9.59 Å². The van der Waals surface area contributed by atoms with Gasteiger partial charge in [0.2, 0.25) is 5.91 Å². The van der Waals surface area contributed by atoms with E-state index in [-0.39, 0.29) is 29.9 Å². The first-order chi connectivity index (χ1) is 19.7. The molecule has 4 bridgehead atoms. The lowest BCUT2D eigenvalue weighted by atomic mass is 10.0. The number of nitrogen functional groups attached to an aromatic ring is 1. The van der Waals surface area contributed by atoms with E-state index >= 15 is 0 Å². The Balaban J connectivity index is 1.41. The number of likely N-dealkylation sites (N-methyl/N-ethyl adjacent to an activating group) is 1. The Labute approximate surface area is 237 Å². The number of sulfone groups is 1. The number of fused-ring (bicyclic) bond motifs is 5. The average molecular weight is 572 g/mol. The van der Waals surface area contributed by atoms with E-state index in [0.717, 1.165) is 10.8 Å². The molecule has 10 nitrogen and oxygen atoms in total. The van der Waals surface area contributed by atoms with Crippen molar-refractivity contribution in [1.29, 1.82) is 0 Å². The van der Waals surface area contributed by atoms with Crippen molar-refractivity contribution in [3.63, 3.8) is 0 Å². The van der Waals surface area contributed by atoms with Gasteiger partial charge in [0.05, 0.1) is 10.1 Å². The van der Waals surface area contributed by atoms with Crippen molar-refractivity contribution in [2.75, 3.05) is 30.0 Å². The van der Waals surface area contributed by atoms with Crippen LogP contribution in [0.2, 0.25) is 0 Å². The van der Waals surface area contributed by atoms with Crippen LogP contribution >= 0.6 is 0 Å². The number of amides is 2. The second kappa shape index (κ2) is 10.4. The molecule has 1 saturated carbocycles. The summed E-state index contributed by atoms with van der Waals surface area (Å²) in [5.74, 6) is 0.176. The normalized spacial score (nSPS) is 17.9. The number of nitrogens with zero attached hydrogens (tertiary/aromatic N) is 2. The van der Waals surface area contributed by atoms with E-state index in [1.54, 1.807) is 49.6 Å². The molecule has 1 atom stereocenters. The number of aromatic nitrogens is 1. The summed E-state index contributed by atoms with van der Waals surface area (Å²) in [6.07, 6.45) is 2.85. The number of anilines is 3. The summed E-state index contributed by atoms with van der Waals surface area (Å²) in [7, 11) is -1.93. The van der Waals surface area contributed by atoms with E-state index in [9.17, 15) is 18.0 Å². The molecular weight excluding hydrogens is 542 g/mol. The van der Waals surface area contributed by atoms with Crippen LogP contribution in [-0.4, -0.2) is 49.0 Å². The number of ether oxygens (including phenoxy) is 1. The zero-order chi connectivity index (χ0) is 28.7. The van der Waals surface area contributed by atoms with E-state index < -0.39 is 21.1 Å². The molecule has 1 unspecified atom stereocenters. The third-order valence-electron chi connectivity index (χ3n) is 7.31. The number of hydrogen-bond acceptors (Lipinski definition) is 8. The van der Waals surface area contributed by atoms with Crippen molar-refractivity contribution in [3.05, 3.63) is 84.1 Å². The summed E-state index contributed by atoms with van der Waals surface area (Å²) in [4.78, 5) is 32.5. The van der Waals surface area contributed by atoms with Crippen LogP contribution in [0.3, 0.4) is 0 Å². The van der Waals surface area contributed by atoms with Gasteiger partial charge in [0.15, 0.2) is 16.4 Å². The van der Waals surface area contributed by atoms with Gasteiger partial charge in [-0.15, -0.1) is 0 Å². The van der Waals surface area contributed by atoms with Crippen molar-refractivity contribution in [2.45, 2.75) is 35.6 Å². The number of nitrogens with one attached hydrogen (secondary N) is 2. The lowest BCUT2D eigenvalue weighted by Gasteiger charge is -2.27. The van der Waals surface area contributed by atoms with Crippen molar-refractivity contribution in [2.24, 2.45) is 0 Å². The highest BCUT2D eigenvalue weighted by molar-refractivity contribution is 7.92. The first kappa shape index (κ1) is 26.6. The number of pyridine rings is 1. The molecule has 4 aromatic rings. The SMILES string of the molecule is CN1Cc2cc(ccc2S(=O)(=O)C2CC2)NC(=O)COc2cccc(c2)C(Nc2ccc3c(N)nccc3c2)C1=O. The predicted molar refractivity (Wildman–Crippen MR) is 156 cm³/mol. The summed E-state index contributed by atoms with van der Waals surface area (Å²) in [5, 5.41) is 7.35. The molecular formula is C30H29N5O5S. The Kier molecular flexibility index (Phi) is 6.74. The van der Waals surface area contributed by atoms with Gasteiger partial charge in [-0.25, -0.2) is 13.4 Å². The third kappa shape index (κ3) is 5.40. The summed E-state index contributed by atoms with van der Waals surface area (Å²) < 4.78 is 32.3. The standard InChI is InChI=1S/C30H29N5O5S/c1-35-16-20-14-21(6-10-26(20)41(38,39)24-7-8-24)33-27(36)17-40-23-4-2-3-19(15-23)28(30(35)37)34-22-5-9-25-18(13-22)11-12-32-29(25)31/h2-6,9-15,24,28,34H,7-8,16-17H2,1H3,(H2,31,32)(H,33,36). The van der Waals surface area contributed by atoms with Gasteiger partial charge in [0.1, 0.15) is 17.6 Å². The van der Waals surface area contributed by atoms with Gasteiger partial charge < -0.3 is 26.0 Å². The fraction of sp³-hybridized carbons (Fsp3) is 0.233. The minimum atomic E-state index is -3.56. The maximum absolute atomic E-state index is 14.1. The fourth-order valence-corrected chi connectivity index (χ4v) is 6.91. The van der Waals surface area contributed by atoms with Crippen molar-refractivity contribution in [3.8, 4) is 5.75 Å². The number of carbonyl (C=O) groups is 2. The smallest absolute Gasteiger partial charge is 0.262 e. The Morgan fingerprint density at radius 2 is 1.88 bits per heavy atom. The number of benzene rings is 3. The van der Waals surface area contributed by atoms with Gasteiger partial charge in [-0.2, -0.15) is 0 Å². The minimum absolute atomic E-state index is 0.0259. The topological polar surface area (TPSA) is 144 Å². The van der Waals surface area contributed by atoms with Crippen molar-refractivity contribution < 1.29 is 22.7 Å². The molecule has 1 aliphatic heterocycles. The highest BCUT2D eigenvalue weighted by Crippen LogP contribution is 2.36. The van der Waals surface area contributed by atoms with Gasteiger partial charge in [0.25, 0.3) is 5.91 Å². The summed E-state index contributed by atoms with van der Waals surface area (Å²) in [6.45, 7) is -0.231. The molecule has 6 rings (SSSR count).